The van der Waals surface area contributed by atoms with E-state index >= 15 is 0 Å². The Labute approximate surface area is 144 Å². The Bertz CT molecular complexity index is 658. The van der Waals surface area contributed by atoms with Crippen molar-refractivity contribution in [2.75, 3.05) is 33.9 Å². The van der Waals surface area contributed by atoms with Gasteiger partial charge >= 0.3 is 0 Å². The summed E-state index contributed by atoms with van der Waals surface area (Å²) in [5.41, 5.74) is 0. The van der Waals surface area contributed by atoms with E-state index in [1.165, 1.54) is 33.3 Å². The van der Waals surface area contributed by atoms with E-state index in [-0.39, 0.29) is 23.1 Å². The SMILES string of the molecule is COc1ccc(OC)c(S(=O)(=O)NCCN(CC(C)C)C(C)=O)c1. The van der Waals surface area contributed by atoms with Crippen LogP contribution < -0.4 is 14.2 Å². The molecule has 0 aromatic heterocycles. The number of ether oxygens (including phenoxy) is 2. The van der Waals surface area contributed by atoms with Crippen LogP contribution in [0.15, 0.2) is 23.1 Å². The lowest BCUT2D eigenvalue weighted by Crippen LogP contribution is -2.39. The van der Waals surface area contributed by atoms with E-state index < -0.39 is 10.0 Å². The van der Waals surface area contributed by atoms with Crippen molar-refractivity contribution in [1.82, 2.24) is 9.62 Å². The largest absolute Gasteiger partial charge is 0.497 e. The molecule has 0 aliphatic carbocycles. The minimum atomic E-state index is -3.78. The highest BCUT2D eigenvalue weighted by atomic mass is 32.2. The molecule has 0 radical (unpaired) electrons. The quantitative estimate of drug-likeness (QED) is 0.723. The monoisotopic (exact) mass is 358 g/mol. The van der Waals surface area contributed by atoms with Gasteiger partial charge in [-0.15, -0.1) is 0 Å². The fraction of sp³-hybridized carbons (Fsp3) is 0.562. The van der Waals surface area contributed by atoms with Gasteiger partial charge in [-0.3, -0.25) is 4.79 Å². The standard InChI is InChI=1S/C16H26N2O5S/c1-12(2)11-18(13(3)19)9-8-17-24(20,21)16-10-14(22-4)6-7-15(16)23-5/h6-7,10,12,17H,8-9,11H2,1-5H3. The van der Waals surface area contributed by atoms with E-state index in [4.69, 9.17) is 9.47 Å². The molecule has 0 aliphatic heterocycles. The zero-order valence-corrected chi connectivity index (χ0v) is 15.6. The van der Waals surface area contributed by atoms with E-state index in [2.05, 4.69) is 4.72 Å². The molecule has 136 valence electrons. The molecule has 0 fully saturated rings. The Morgan fingerprint density at radius 3 is 2.42 bits per heavy atom. The molecule has 0 spiro atoms. The molecule has 0 heterocycles. The number of sulfonamides is 1. The Hall–Kier alpha value is -1.80. The van der Waals surface area contributed by atoms with E-state index in [9.17, 15) is 13.2 Å². The number of nitrogens with one attached hydrogen (secondary N) is 1. The first-order valence-corrected chi connectivity index (χ1v) is 9.16. The molecule has 0 saturated carbocycles. The molecule has 24 heavy (non-hydrogen) atoms. The van der Waals surface area contributed by atoms with Crippen LogP contribution in [0.2, 0.25) is 0 Å². The van der Waals surface area contributed by atoms with Gasteiger partial charge in [0.1, 0.15) is 16.4 Å². The molecule has 8 heteroatoms. The second-order valence-corrected chi connectivity index (χ2v) is 7.51. The molecule has 0 aliphatic rings. The molecule has 1 amide bonds. The molecule has 1 rings (SSSR count). The lowest BCUT2D eigenvalue weighted by molar-refractivity contribution is -0.129. The first-order chi connectivity index (χ1) is 11.2. The first kappa shape index (κ1) is 20.2. The maximum atomic E-state index is 12.5. The Kier molecular flexibility index (Phi) is 7.50. The van der Waals surface area contributed by atoms with E-state index in [0.29, 0.717) is 24.8 Å². The fourth-order valence-electron chi connectivity index (χ4n) is 2.20. The average Bonchev–Trinajstić information content (AvgIpc) is 2.52. The van der Waals surface area contributed by atoms with Crippen molar-refractivity contribution in [2.45, 2.75) is 25.7 Å². The van der Waals surface area contributed by atoms with Crippen LogP contribution in [0.3, 0.4) is 0 Å². The van der Waals surface area contributed by atoms with Crippen molar-refractivity contribution in [2.24, 2.45) is 5.92 Å². The summed E-state index contributed by atoms with van der Waals surface area (Å²) >= 11 is 0. The predicted molar refractivity (Wildman–Crippen MR) is 91.8 cm³/mol. The lowest BCUT2D eigenvalue weighted by atomic mass is 10.2. The van der Waals surface area contributed by atoms with Crippen LogP contribution >= 0.6 is 0 Å². The number of benzene rings is 1. The highest BCUT2D eigenvalue weighted by molar-refractivity contribution is 7.89. The van der Waals surface area contributed by atoms with Crippen LogP contribution in [0, 0.1) is 5.92 Å². The summed E-state index contributed by atoms with van der Waals surface area (Å²) in [7, 11) is -0.914. The number of methoxy groups -OCH3 is 2. The van der Waals surface area contributed by atoms with Crippen molar-refractivity contribution < 1.29 is 22.7 Å². The molecule has 1 N–H and O–H groups in total. The maximum Gasteiger partial charge on any atom is 0.244 e. The van der Waals surface area contributed by atoms with Gasteiger partial charge in [-0.25, -0.2) is 13.1 Å². The normalized spacial score (nSPS) is 11.4. The predicted octanol–water partition coefficient (Wildman–Crippen LogP) is 1.49. The number of carbonyl (C=O) groups excluding carboxylic acids is 1. The lowest BCUT2D eigenvalue weighted by Gasteiger charge is -2.23. The second kappa shape index (κ2) is 8.89. The van der Waals surface area contributed by atoms with Crippen molar-refractivity contribution in [3.05, 3.63) is 18.2 Å². The number of amides is 1. The third-order valence-corrected chi connectivity index (χ3v) is 4.85. The van der Waals surface area contributed by atoms with Gasteiger partial charge in [0.2, 0.25) is 15.9 Å². The zero-order valence-electron chi connectivity index (χ0n) is 14.8. The van der Waals surface area contributed by atoms with Crippen LogP contribution in [-0.2, 0) is 14.8 Å². The molecule has 1 aromatic carbocycles. The smallest absolute Gasteiger partial charge is 0.244 e. The van der Waals surface area contributed by atoms with E-state index in [1.807, 2.05) is 13.8 Å². The third kappa shape index (κ3) is 5.68. The summed E-state index contributed by atoms with van der Waals surface area (Å²) in [6.45, 7) is 6.48. The maximum absolute atomic E-state index is 12.5. The molecule has 0 atom stereocenters. The summed E-state index contributed by atoms with van der Waals surface area (Å²) in [6, 6.07) is 4.56. The summed E-state index contributed by atoms with van der Waals surface area (Å²) in [4.78, 5) is 13.2. The minimum absolute atomic E-state index is 0.00239. The summed E-state index contributed by atoms with van der Waals surface area (Å²) in [6.07, 6.45) is 0. The molecule has 0 unspecified atom stereocenters. The zero-order chi connectivity index (χ0) is 18.3. The van der Waals surface area contributed by atoms with Gasteiger partial charge in [-0.05, 0) is 18.1 Å². The summed E-state index contributed by atoms with van der Waals surface area (Å²) in [5, 5.41) is 0. The van der Waals surface area contributed by atoms with Crippen molar-refractivity contribution in [3.8, 4) is 11.5 Å². The number of carbonyl (C=O) groups is 1. The molecular weight excluding hydrogens is 332 g/mol. The average molecular weight is 358 g/mol. The molecule has 7 nitrogen and oxygen atoms in total. The molecule has 0 saturated heterocycles. The van der Waals surface area contributed by atoms with Crippen LogP contribution in [0.25, 0.3) is 0 Å². The van der Waals surface area contributed by atoms with Gasteiger partial charge in [-0.2, -0.15) is 0 Å². The minimum Gasteiger partial charge on any atom is -0.497 e. The van der Waals surface area contributed by atoms with Crippen molar-refractivity contribution in [3.63, 3.8) is 0 Å². The fourth-order valence-corrected chi connectivity index (χ4v) is 3.41. The Balaban J connectivity index is 2.85. The number of hydrogen-bond donors (Lipinski definition) is 1. The van der Waals surface area contributed by atoms with Gasteiger partial charge < -0.3 is 14.4 Å². The summed E-state index contributed by atoms with van der Waals surface area (Å²) in [5.74, 6) is 0.876. The van der Waals surface area contributed by atoms with Crippen LogP contribution in [0.4, 0.5) is 0 Å². The van der Waals surface area contributed by atoms with Gasteiger partial charge in [0.15, 0.2) is 0 Å². The van der Waals surface area contributed by atoms with Crippen LogP contribution in [0.5, 0.6) is 11.5 Å². The van der Waals surface area contributed by atoms with Gasteiger partial charge in [0.05, 0.1) is 14.2 Å². The highest BCUT2D eigenvalue weighted by Gasteiger charge is 2.21. The topological polar surface area (TPSA) is 84.9 Å². The summed E-state index contributed by atoms with van der Waals surface area (Å²) < 4.78 is 37.7. The van der Waals surface area contributed by atoms with Gasteiger partial charge in [-0.1, -0.05) is 13.8 Å². The highest BCUT2D eigenvalue weighted by Crippen LogP contribution is 2.27. The van der Waals surface area contributed by atoms with Gasteiger partial charge in [0.25, 0.3) is 0 Å². The number of hydrogen-bond acceptors (Lipinski definition) is 5. The number of rotatable bonds is 9. The first-order valence-electron chi connectivity index (χ1n) is 7.68. The van der Waals surface area contributed by atoms with Crippen molar-refractivity contribution >= 4 is 15.9 Å². The molecule has 1 aromatic rings. The molecular formula is C16H26N2O5S. The Morgan fingerprint density at radius 2 is 1.92 bits per heavy atom. The number of nitrogens with zero attached hydrogens (tertiary/aromatic N) is 1. The van der Waals surface area contributed by atoms with E-state index in [1.54, 1.807) is 11.0 Å². The second-order valence-electron chi connectivity index (χ2n) is 5.77. The molecule has 0 bridgehead atoms. The van der Waals surface area contributed by atoms with Gasteiger partial charge in [0, 0.05) is 32.6 Å². The third-order valence-electron chi connectivity index (χ3n) is 3.36. The van der Waals surface area contributed by atoms with Crippen molar-refractivity contribution in [1.29, 1.82) is 0 Å². The van der Waals surface area contributed by atoms with Crippen LogP contribution in [0.1, 0.15) is 20.8 Å². The Morgan fingerprint density at radius 1 is 1.25 bits per heavy atom. The van der Waals surface area contributed by atoms with E-state index in [0.717, 1.165) is 0 Å². The van der Waals surface area contributed by atoms with Crippen LogP contribution in [-0.4, -0.2) is 53.1 Å².